The highest BCUT2D eigenvalue weighted by molar-refractivity contribution is 6.31. The van der Waals surface area contributed by atoms with Gasteiger partial charge in [-0.05, 0) is 38.0 Å². The first-order valence-corrected chi connectivity index (χ1v) is 11.6. The van der Waals surface area contributed by atoms with Crippen LogP contribution in [0.2, 0.25) is 5.02 Å². The maximum Gasteiger partial charge on any atom is 0.315 e. The Kier molecular flexibility index (Phi) is 6.18. The van der Waals surface area contributed by atoms with Crippen LogP contribution in [0, 0.1) is 0 Å². The van der Waals surface area contributed by atoms with Crippen molar-refractivity contribution in [1.82, 2.24) is 9.80 Å². The Hall–Kier alpha value is -2.24. The highest BCUT2D eigenvalue weighted by atomic mass is 35.5. The minimum Gasteiger partial charge on any atom is -0.369 e. The van der Waals surface area contributed by atoms with Crippen LogP contribution in [0.5, 0.6) is 0 Å². The molecule has 2 aromatic carbocycles. The fraction of sp³-hybridized carbons (Fsp3) is 0.480. The number of primary amides is 1. The molecular formula is C25H33ClN4O. The number of carbonyl (C=O) groups is 1. The lowest BCUT2D eigenvalue weighted by Gasteiger charge is -2.42. The SMILES string of the molecule is CC(C)N1CCN(c2cccc(Cl)c2C2N(C(N)=O)CCC2(C)c2ccccc2)CC1. The number of piperazine rings is 1. The Morgan fingerprint density at radius 1 is 1.03 bits per heavy atom. The van der Waals surface area contributed by atoms with E-state index in [2.05, 4.69) is 60.9 Å². The summed E-state index contributed by atoms with van der Waals surface area (Å²) in [4.78, 5) is 19.2. The average molecular weight is 441 g/mol. The van der Waals surface area contributed by atoms with E-state index in [-0.39, 0.29) is 17.5 Å². The van der Waals surface area contributed by atoms with Crippen molar-refractivity contribution < 1.29 is 4.79 Å². The number of amides is 2. The lowest BCUT2D eigenvalue weighted by atomic mass is 9.73. The van der Waals surface area contributed by atoms with Crippen LogP contribution >= 0.6 is 11.6 Å². The van der Waals surface area contributed by atoms with Gasteiger partial charge in [-0.15, -0.1) is 0 Å². The third-order valence-corrected chi connectivity index (χ3v) is 7.52. The minimum atomic E-state index is -0.389. The van der Waals surface area contributed by atoms with Gasteiger partial charge in [0.2, 0.25) is 0 Å². The molecular weight excluding hydrogens is 408 g/mol. The third kappa shape index (κ3) is 4.01. The predicted octanol–water partition coefficient (Wildman–Crippen LogP) is 4.65. The maximum atomic E-state index is 12.5. The summed E-state index contributed by atoms with van der Waals surface area (Å²) in [5.74, 6) is 0. The molecule has 4 rings (SSSR count). The van der Waals surface area contributed by atoms with Crippen molar-refractivity contribution in [3.05, 3.63) is 64.7 Å². The molecule has 5 nitrogen and oxygen atoms in total. The van der Waals surface area contributed by atoms with E-state index in [0.717, 1.165) is 43.9 Å². The Balaban J connectivity index is 1.78. The summed E-state index contributed by atoms with van der Waals surface area (Å²) in [7, 11) is 0. The summed E-state index contributed by atoms with van der Waals surface area (Å²) >= 11 is 6.88. The molecule has 0 bridgehead atoms. The van der Waals surface area contributed by atoms with Crippen LogP contribution in [0.15, 0.2) is 48.5 Å². The summed E-state index contributed by atoms with van der Waals surface area (Å²) < 4.78 is 0. The van der Waals surface area contributed by atoms with E-state index in [1.54, 1.807) is 0 Å². The van der Waals surface area contributed by atoms with Gasteiger partial charge >= 0.3 is 6.03 Å². The van der Waals surface area contributed by atoms with Gasteiger partial charge in [0.25, 0.3) is 0 Å². The van der Waals surface area contributed by atoms with Gasteiger partial charge in [-0.2, -0.15) is 0 Å². The quantitative estimate of drug-likeness (QED) is 0.752. The van der Waals surface area contributed by atoms with Crippen molar-refractivity contribution in [2.75, 3.05) is 37.6 Å². The molecule has 0 saturated carbocycles. The lowest BCUT2D eigenvalue weighted by Crippen LogP contribution is -2.49. The van der Waals surface area contributed by atoms with Gasteiger partial charge < -0.3 is 15.5 Å². The van der Waals surface area contributed by atoms with Crippen LogP contribution < -0.4 is 10.6 Å². The van der Waals surface area contributed by atoms with Gasteiger partial charge in [-0.1, -0.05) is 54.9 Å². The van der Waals surface area contributed by atoms with Crippen LogP contribution in [0.4, 0.5) is 10.5 Å². The molecule has 0 aliphatic carbocycles. The van der Waals surface area contributed by atoms with Crippen LogP contribution in [0.25, 0.3) is 0 Å². The molecule has 166 valence electrons. The summed E-state index contributed by atoms with van der Waals surface area (Å²) in [6.07, 6.45) is 0.844. The first-order valence-electron chi connectivity index (χ1n) is 11.2. The lowest BCUT2D eigenvalue weighted by molar-refractivity contribution is 0.191. The standard InChI is InChI=1S/C25H33ClN4O/c1-18(2)28-14-16-29(17-15-28)21-11-7-10-20(26)22(21)23-25(3,12-13-30(23)24(27)31)19-8-5-4-6-9-19/h4-11,18,23H,12-17H2,1-3H3,(H2,27,31). The number of carbonyl (C=O) groups excluding carboxylic acids is 1. The number of hydrogen-bond donors (Lipinski definition) is 1. The van der Waals surface area contributed by atoms with Crippen LogP contribution in [-0.4, -0.2) is 54.6 Å². The predicted molar refractivity (Wildman–Crippen MR) is 128 cm³/mol. The largest absolute Gasteiger partial charge is 0.369 e. The Morgan fingerprint density at radius 2 is 1.71 bits per heavy atom. The first-order chi connectivity index (χ1) is 14.8. The molecule has 2 amide bonds. The molecule has 2 atom stereocenters. The van der Waals surface area contributed by atoms with Gasteiger partial charge in [-0.3, -0.25) is 4.90 Å². The number of hydrogen-bond acceptors (Lipinski definition) is 3. The molecule has 0 spiro atoms. The van der Waals surface area contributed by atoms with Gasteiger partial charge in [0.15, 0.2) is 0 Å². The maximum absolute atomic E-state index is 12.5. The average Bonchev–Trinajstić information content (AvgIpc) is 3.12. The Labute approximate surface area is 190 Å². The number of rotatable bonds is 4. The monoisotopic (exact) mass is 440 g/mol. The van der Waals surface area contributed by atoms with E-state index in [1.807, 2.05) is 23.1 Å². The molecule has 0 aromatic heterocycles. The van der Waals surface area contributed by atoms with Gasteiger partial charge in [0, 0.05) is 60.5 Å². The molecule has 2 unspecified atom stereocenters. The number of nitrogens with two attached hydrogens (primary N) is 1. The van der Waals surface area contributed by atoms with Crippen molar-refractivity contribution in [2.24, 2.45) is 5.73 Å². The highest BCUT2D eigenvalue weighted by Gasteiger charge is 2.49. The van der Waals surface area contributed by atoms with E-state index in [1.165, 1.54) is 5.56 Å². The number of halogens is 1. The Morgan fingerprint density at radius 3 is 2.32 bits per heavy atom. The third-order valence-electron chi connectivity index (χ3n) is 7.19. The zero-order chi connectivity index (χ0) is 22.2. The van der Waals surface area contributed by atoms with E-state index in [0.29, 0.717) is 17.6 Å². The van der Waals surface area contributed by atoms with Crippen LogP contribution in [-0.2, 0) is 5.41 Å². The molecule has 31 heavy (non-hydrogen) atoms. The topological polar surface area (TPSA) is 52.8 Å². The van der Waals surface area contributed by atoms with Crippen LogP contribution in [0.3, 0.4) is 0 Å². The summed E-state index contributed by atoms with van der Waals surface area (Å²) in [6.45, 7) is 11.3. The van der Waals surface area contributed by atoms with E-state index in [4.69, 9.17) is 17.3 Å². The number of nitrogens with zero attached hydrogens (tertiary/aromatic N) is 3. The number of likely N-dealkylation sites (tertiary alicyclic amines) is 1. The molecule has 0 radical (unpaired) electrons. The summed E-state index contributed by atoms with van der Waals surface area (Å²) in [5, 5.41) is 0.698. The van der Waals surface area contributed by atoms with E-state index >= 15 is 0 Å². The van der Waals surface area contributed by atoms with Crippen molar-refractivity contribution >= 4 is 23.3 Å². The van der Waals surface area contributed by atoms with Crippen molar-refractivity contribution in [3.8, 4) is 0 Å². The van der Waals surface area contributed by atoms with E-state index < -0.39 is 0 Å². The number of urea groups is 1. The zero-order valence-corrected chi connectivity index (χ0v) is 19.5. The van der Waals surface area contributed by atoms with Crippen LogP contribution in [0.1, 0.15) is 44.4 Å². The Bertz CT molecular complexity index is 926. The number of anilines is 1. The highest BCUT2D eigenvalue weighted by Crippen LogP contribution is 2.52. The van der Waals surface area contributed by atoms with Gasteiger partial charge in [0.1, 0.15) is 0 Å². The second-order valence-electron chi connectivity index (χ2n) is 9.26. The van der Waals surface area contributed by atoms with Crippen molar-refractivity contribution in [2.45, 2.75) is 44.7 Å². The first kappa shape index (κ1) is 22.0. The van der Waals surface area contributed by atoms with Gasteiger partial charge in [0.05, 0.1) is 6.04 Å². The molecule has 2 aliphatic heterocycles. The molecule has 6 heteroatoms. The summed E-state index contributed by atoms with van der Waals surface area (Å²) in [6, 6.07) is 16.5. The van der Waals surface area contributed by atoms with Gasteiger partial charge in [-0.25, -0.2) is 4.79 Å². The minimum absolute atomic E-state index is 0.209. The van der Waals surface area contributed by atoms with E-state index in [9.17, 15) is 4.79 Å². The molecule has 2 aromatic rings. The zero-order valence-electron chi connectivity index (χ0n) is 18.7. The molecule has 2 saturated heterocycles. The number of benzene rings is 2. The summed E-state index contributed by atoms with van der Waals surface area (Å²) in [5.41, 5.74) is 8.96. The van der Waals surface area contributed by atoms with Crippen molar-refractivity contribution in [3.63, 3.8) is 0 Å². The van der Waals surface area contributed by atoms with Crippen molar-refractivity contribution in [1.29, 1.82) is 0 Å². The normalized spacial score (nSPS) is 24.7. The second-order valence-corrected chi connectivity index (χ2v) is 9.66. The second kappa shape index (κ2) is 8.71. The molecule has 2 heterocycles. The molecule has 2 N–H and O–H groups in total. The molecule has 2 fully saturated rings. The smallest absolute Gasteiger partial charge is 0.315 e. The molecule has 2 aliphatic rings. The fourth-order valence-corrected chi connectivity index (χ4v) is 5.62. The fourth-order valence-electron chi connectivity index (χ4n) is 5.35.